The van der Waals surface area contributed by atoms with Gasteiger partial charge in [0.2, 0.25) is 0 Å². The number of rotatable bonds is 1. The third-order valence-electron chi connectivity index (χ3n) is 1.25. The zero-order valence-corrected chi connectivity index (χ0v) is 7.78. The molecule has 1 fully saturated rings. The molecule has 0 nitrogen and oxygen atoms in total. The Morgan fingerprint density at radius 3 is 3.00 bits per heavy atom. The summed E-state index contributed by atoms with van der Waals surface area (Å²) in [5.74, 6) is 2.07. The Labute approximate surface area is 70.1 Å². The Hall–Kier alpha value is 0.990. The van der Waals surface area contributed by atoms with E-state index in [0.717, 1.165) is 5.88 Å². The lowest BCUT2D eigenvalue weighted by Gasteiger charge is -2.22. The molecule has 9 heavy (non-hydrogen) atoms. The van der Waals surface area contributed by atoms with E-state index in [9.17, 15) is 0 Å². The normalized spacial score (nSPS) is 30.7. The summed E-state index contributed by atoms with van der Waals surface area (Å²) < 4.78 is 1.48. The second kappa shape index (κ2) is 3.99. The first-order chi connectivity index (χ1) is 4.33. The van der Waals surface area contributed by atoms with Crippen LogP contribution in [0.3, 0.4) is 0 Å². The van der Waals surface area contributed by atoms with Crippen LogP contribution in [0.15, 0.2) is 0 Å². The van der Waals surface area contributed by atoms with Crippen molar-refractivity contribution in [2.45, 2.75) is 18.6 Å². The lowest BCUT2D eigenvalue weighted by atomic mass is 10.4. The van der Waals surface area contributed by atoms with E-state index in [1.165, 1.54) is 16.8 Å². The van der Waals surface area contributed by atoms with E-state index in [2.05, 4.69) is 6.92 Å². The Morgan fingerprint density at radius 2 is 2.56 bits per heavy atom. The monoisotopic (exact) mass is 181 g/mol. The highest BCUT2D eigenvalue weighted by Gasteiger charge is 2.18. The molecule has 1 aliphatic rings. The van der Waals surface area contributed by atoms with Crippen LogP contribution in [0.25, 0.3) is 0 Å². The van der Waals surface area contributed by atoms with Gasteiger partial charge in [0.25, 0.3) is 0 Å². The fourth-order valence-corrected chi connectivity index (χ4v) is 3.65. The molecule has 1 radical (unpaired) electrons. The van der Waals surface area contributed by atoms with Crippen LogP contribution < -0.4 is 0 Å². The first kappa shape index (κ1) is 8.09. The summed E-state index contributed by atoms with van der Waals surface area (Å²) in [6, 6.07) is 0. The van der Waals surface area contributed by atoms with Gasteiger partial charge in [-0.25, -0.2) is 0 Å². The number of hydrogen-bond acceptors (Lipinski definition) is 2. The van der Waals surface area contributed by atoms with Crippen molar-refractivity contribution in [2.24, 2.45) is 0 Å². The summed E-state index contributed by atoms with van der Waals surface area (Å²) in [6.07, 6.45) is 1.27. The Balaban J connectivity index is 2.23. The number of thioether (sulfide) groups is 2. The highest BCUT2D eigenvalue weighted by molar-refractivity contribution is 8.21. The van der Waals surface area contributed by atoms with E-state index in [4.69, 9.17) is 11.6 Å². The molecule has 0 bridgehead atoms. The summed E-state index contributed by atoms with van der Waals surface area (Å²) in [5.41, 5.74) is 0. The fraction of sp³-hybridized carbons (Fsp3) is 0.833. The second-order valence-electron chi connectivity index (χ2n) is 2.02. The molecule has 0 spiro atoms. The lowest BCUT2D eigenvalue weighted by Crippen LogP contribution is -2.11. The van der Waals surface area contributed by atoms with Gasteiger partial charge in [0, 0.05) is 11.1 Å². The molecule has 1 unspecified atom stereocenters. The van der Waals surface area contributed by atoms with Crippen molar-refractivity contribution in [3.8, 4) is 0 Å². The van der Waals surface area contributed by atoms with Crippen molar-refractivity contribution in [1.82, 2.24) is 0 Å². The van der Waals surface area contributed by atoms with Gasteiger partial charge in [-0.05, 0) is 19.1 Å². The molecule has 0 amide bonds. The molecule has 0 aliphatic carbocycles. The maximum absolute atomic E-state index is 5.70. The maximum atomic E-state index is 5.70. The van der Waals surface area contributed by atoms with Gasteiger partial charge >= 0.3 is 0 Å². The van der Waals surface area contributed by atoms with Crippen molar-refractivity contribution in [3.05, 3.63) is 4.58 Å². The van der Waals surface area contributed by atoms with Gasteiger partial charge in [0.05, 0.1) is 4.58 Å². The summed E-state index contributed by atoms with van der Waals surface area (Å²) in [5, 5.41) is 0.688. The second-order valence-corrected chi connectivity index (χ2v) is 5.41. The molecule has 3 heteroatoms. The van der Waals surface area contributed by atoms with Crippen LogP contribution in [0.2, 0.25) is 0 Å². The third-order valence-corrected chi connectivity index (χ3v) is 4.36. The molecule has 0 aromatic heterocycles. The van der Waals surface area contributed by atoms with Gasteiger partial charge in [-0.2, -0.15) is 0 Å². The van der Waals surface area contributed by atoms with Crippen LogP contribution in [-0.2, 0) is 0 Å². The van der Waals surface area contributed by atoms with Gasteiger partial charge in [0.1, 0.15) is 0 Å². The lowest BCUT2D eigenvalue weighted by molar-refractivity contribution is 0.919. The van der Waals surface area contributed by atoms with Gasteiger partial charge in [0.15, 0.2) is 0 Å². The average molecular weight is 182 g/mol. The van der Waals surface area contributed by atoms with E-state index in [-0.39, 0.29) is 0 Å². The van der Waals surface area contributed by atoms with E-state index in [1.807, 2.05) is 23.5 Å². The van der Waals surface area contributed by atoms with Crippen molar-refractivity contribution in [1.29, 1.82) is 0 Å². The van der Waals surface area contributed by atoms with Crippen molar-refractivity contribution in [2.75, 3.05) is 11.6 Å². The Bertz CT molecular complexity index is 87.1. The minimum absolute atomic E-state index is 0.688. The smallest absolute Gasteiger partial charge is 0.0820 e. The minimum Gasteiger partial charge on any atom is -0.142 e. The maximum Gasteiger partial charge on any atom is 0.0820 e. The van der Waals surface area contributed by atoms with Crippen LogP contribution in [0.1, 0.15) is 13.3 Å². The average Bonchev–Trinajstić information content (AvgIpc) is 1.88. The summed E-state index contributed by atoms with van der Waals surface area (Å²) in [7, 11) is 0. The van der Waals surface area contributed by atoms with Gasteiger partial charge in [-0.3, -0.25) is 0 Å². The number of hydrogen-bond donors (Lipinski definition) is 0. The fourth-order valence-electron chi connectivity index (χ4n) is 0.770. The van der Waals surface area contributed by atoms with E-state index >= 15 is 0 Å². The first-order valence-electron chi connectivity index (χ1n) is 3.02. The molecule has 0 saturated carbocycles. The largest absolute Gasteiger partial charge is 0.142 e. The Morgan fingerprint density at radius 1 is 1.78 bits per heavy atom. The van der Waals surface area contributed by atoms with E-state index in [1.54, 1.807) is 0 Å². The molecule has 1 saturated heterocycles. The predicted octanol–water partition coefficient (Wildman–Crippen LogP) is 2.97. The SMILES string of the molecule is C[C]1SCCC(CCl)S1. The molecule has 1 atom stereocenters. The molecule has 1 aliphatic heterocycles. The van der Waals surface area contributed by atoms with Crippen LogP contribution >= 0.6 is 35.1 Å². The molecule has 0 N–H and O–H groups in total. The van der Waals surface area contributed by atoms with Crippen LogP contribution in [0.5, 0.6) is 0 Å². The topological polar surface area (TPSA) is 0 Å². The molecular weight excluding hydrogens is 172 g/mol. The van der Waals surface area contributed by atoms with Crippen LogP contribution in [-0.4, -0.2) is 16.9 Å². The molecule has 1 heterocycles. The molecule has 53 valence electrons. The highest BCUT2D eigenvalue weighted by Crippen LogP contribution is 2.41. The number of halogens is 1. The molecule has 0 aromatic carbocycles. The van der Waals surface area contributed by atoms with Crippen LogP contribution in [0.4, 0.5) is 0 Å². The van der Waals surface area contributed by atoms with Gasteiger partial charge < -0.3 is 0 Å². The highest BCUT2D eigenvalue weighted by atomic mass is 35.5. The van der Waals surface area contributed by atoms with E-state index < -0.39 is 0 Å². The zero-order valence-electron chi connectivity index (χ0n) is 5.39. The summed E-state index contributed by atoms with van der Waals surface area (Å²) >= 11 is 9.59. The molecule has 1 rings (SSSR count). The van der Waals surface area contributed by atoms with E-state index in [0.29, 0.717) is 5.25 Å². The first-order valence-corrected chi connectivity index (χ1v) is 5.42. The van der Waals surface area contributed by atoms with Crippen LogP contribution in [0, 0.1) is 4.58 Å². The zero-order chi connectivity index (χ0) is 6.69. The molecule has 0 aromatic rings. The molecular formula is C6H10ClS2. The summed E-state index contributed by atoms with van der Waals surface area (Å²) in [6.45, 7) is 2.17. The standard InChI is InChI=1S/C6H10ClS2/c1-5-8-3-2-6(4-7)9-5/h6H,2-4H2,1H3. The predicted molar refractivity (Wildman–Crippen MR) is 48.1 cm³/mol. The number of alkyl halides is 1. The van der Waals surface area contributed by atoms with Gasteiger partial charge in [-0.1, -0.05) is 0 Å². The summed E-state index contributed by atoms with van der Waals surface area (Å²) in [4.78, 5) is 0. The van der Waals surface area contributed by atoms with Crippen molar-refractivity contribution >= 4 is 35.1 Å². The van der Waals surface area contributed by atoms with Crippen molar-refractivity contribution in [3.63, 3.8) is 0 Å². The quantitative estimate of drug-likeness (QED) is 0.571. The third kappa shape index (κ3) is 2.60. The minimum atomic E-state index is 0.688. The van der Waals surface area contributed by atoms with Crippen molar-refractivity contribution < 1.29 is 0 Å². The van der Waals surface area contributed by atoms with Gasteiger partial charge in [-0.15, -0.1) is 35.1 Å². The Kier molecular flexibility index (Phi) is 3.59.